The third-order valence-electron chi connectivity index (χ3n) is 3.44. The molecule has 84 valence electrons. The highest BCUT2D eigenvalue weighted by Crippen LogP contribution is 2.23. The van der Waals surface area contributed by atoms with Crippen LogP contribution in [0.1, 0.15) is 38.2 Å². The van der Waals surface area contributed by atoms with Gasteiger partial charge in [-0.25, -0.2) is 0 Å². The topological polar surface area (TPSA) is 29.9 Å². The summed E-state index contributed by atoms with van der Waals surface area (Å²) in [6, 6.07) is 0.707. The normalized spacial score (nSPS) is 26.8. The standard InChI is InChI=1S/C12H21N3/c1-10-5-3-4-6-12(10)13-7-11-8-14-15(2)9-11/h8-10,12-13H,3-7H2,1-2H3/t10-,12+/m0/s1. The number of aryl methyl sites for hydroxylation is 1. The molecule has 1 aliphatic rings. The third kappa shape index (κ3) is 2.81. The second-order valence-corrected chi connectivity index (χ2v) is 4.77. The van der Waals surface area contributed by atoms with Crippen LogP contribution in [0, 0.1) is 5.92 Å². The van der Waals surface area contributed by atoms with Crippen LogP contribution in [0.2, 0.25) is 0 Å². The Balaban J connectivity index is 1.81. The fourth-order valence-electron chi connectivity index (χ4n) is 2.43. The average molecular weight is 207 g/mol. The molecule has 1 aliphatic carbocycles. The van der Waals surface area contributed by atoms with Crippen LogP contribution < -0.4 is 5.32 Å². The summed E-state index contributed by atoms with van der Waals surface area (Å²) in [6.07, 6.45) is 9.54. The quantitative estimate of drug-likeness (QED) is 0.822. The van der Waals surface area contributed by atoms with Gasteiger partial charge in [-0.05, 0) is 18.8 Å². The molecule has 0 aromatic carbocycles. The first-order valence-electron chi connectivity index (χ1n) is 5.96. The van der Waals surface area contributed by atoms with E-state index in [1.54, 1.807) is 0 Å². The van der Waals surface area contributed by atoms with Crippen LogP contribution in [0.4, 0.5) is 0 Å². The minimum atomic E-state index is 0.707. The number of hydrogen-bond donors (Lipinski definition) is 1. The minimum Gasteiger partial charge on any atom is -0.310 e. The lowest BCUT2D eigenvalue weighted by atomic mass is 9.86. The fourth-order valence-corrected chi connectivity index (χ4v) is 2.43. The van der Waals surface area contributed by atoms with Gasteiger partial charge in [0.15, 0.2) is 0 Å². The van der Waals surface area contributed by atoms with Gasteiger partial charge in [0.05, 0.1) is 6.20 Å². The first-order valence-corrected chi connectivity index (χ1v) is 5.96. The van der Waals surface area contributed by atoms with Crippen molar-refractivity contribution in [1.82, 2.24) is 15.1 Å². The molecule has 0 unspecified atom stereocenters. The van der Waals surface area contributed by atoms with Crippen molar-refractivity contribution in [1.29, 1.82) is 0 Å². The second kappa shape index (κ2) is 4.79. The van der Waals surface area contributed by atoms with E-state index in [4.69, 9.17) is 0 Å². The van der Waals surface area contributed by atoms with E-state index < -0.39 is 0 Å². The molecule has 0 amide bonds. The number of aromatic nitrogens is 2. The van der Waals surface area contributed by atoms with Crippen LogP contribution in [0.15, 0.2) is 12.4 Å². The molecular formula is C12H21N3. The molecule has 15 heavy (non-hydrogen) atoms. The molecule has 0 saturated heterocycles. The lowest BCUT2D eigenvalue weighted by Gasteiger charge is -2.29. The number of nitrogens with one attached hydrogen (secondary N) is 1. The Hall–Kier alpha value is -0.830. The molecule has 2 rings (SSSR count). The van der Waals surface area contributed by atoms with Gasteiger partial charge in [0.1, 0.15) is 0 Å². The smallest absolute Gasteiger partial charge is 0.0534 e. The second-order valence-electron chi connectivity index (χ2n) is 4.77. The molecule has 2 atom stereocenters. The molecule has 1 saturated carbocycles. The van der Waals surface area contributed by atoms with Gasteiger partial charge in [-0.15, -0.1) is 0 Å². The van der Waals surface area contributed by atoms with Crippen molar-refractivity contribution < 1.29 is 0 Å². The van der Waals surface area contributed by atoms with Gasteiger partial charge in [0.25, 0.3) is 0 Å². The van der Waals surface area contributed by atoms with Gasteiger partial charge in [-0.3, -0.25) is 4.68 Å². The average Bonchev–Trinajstić information content (AvgIpc) is 2.63. The summed E-state index contributed by atoms with van der Waals surface area (Å²) in [4.78, 5) is 0. The van der Waals surface area contributed by atoms with Gasteiger partial charge >= 0.3 is 0 Å². The Labute approximate surface area is 91.9 Å². The number of nitrogens with zero attached hydrogens (tertiary/aromatic N) is 2. The Morgan fingerprint density at radius 2 is 2.27 bits per heavy atom. The maximum absolute atomic E-state index is 4.18. The van der Waals surface area contributed by atoms with Crippen molar-refractivity contribution in [3.8, 4) is 0 Å². The SMILES string of the molecule is C[C@H]1CCCC[C@H]1NCc1cnn(C)c1. The zero-order valence-corrected chi connectivity index (χ0v) is 9.74. The van der Waals surface area contributed by atoms with Crippen LogP contribution in [0.25, 0.3) is 0 Å². The van der Waals surface area contributed by atoms with E-state index in [1.165, 1.54) is 31.2 Å². The predicted octanol–water partition coefficient (Wildman–Crippen LogP) is 2.09. The van der Waals surface area contributed by atoms with Crippen molar-refractivity contribution >= 4 is 0 Å². The molecule has 0 aliphatic heterocycles. The molecule has 3 heteroatoms. The van der Waals surface area contributed by atoms with Crippen molar-refractivity contribution in [3.05, 3.63) is 18.0 Å². The molecule has 0 radical (unpaired) electrons. The summed E-state index contributed by atoms with van der Waals surface area (Å²) < 4.78 is 1.86. The molecule has 1 N–H and O–H groups in total. The Morgan fingerprint density at radius 3 is 2.93 bits per heavy atom. The first kappa shape index (κ1) is 10.7. The van der Waals surface area contributed by atoms with Crippen LogP contribution >= 0.6 is 0 Å². The van der Waals surface area contributed by atoms with Crippen molar-refractivity contribution in [3.63, 3.8) is 0 Å². The van der Waals surface area contributed by atoms with E-state index in [0.717, 1.165) is 12.5 Å². The molecule has 1 aromatic heterocycles. The minimum absolute atomic E-state index is 0.707. The maximum atomic E-state index is 4.18. The van der Waals surface area contributed by atoms with E-state index in [9.17, 15) is 0 Å². The van der Waals surface area contributed by atoms with E-state index in [0.29, 0.717) is 6.04 Å². The lowest BCUT2D eigenvalue weighted by Crippen LogP contribution is -2.36. The summed E-state index contributed by atoms with van der Waals surface area (Å²) >= 11 is 0. The van der Waals surface area contributed by atoms with Crippen LogP contribution in [-0.4, -0.2) is 15.8 Å². The molecular weight excluding hydrogens is 186 g/mol. The summed E-state index contributed by atoms with van der Waals surface area (Å²) in [5, 5.41) is 7.82. The van der Waals surface area contributed by atoms with Gasteiger partial charge in [0.2, 0.25) is 0 Å². The zero-order valence-electron chi connectivity index (χ0n) is 9.74. The monoisotopic (exact) mass is 207 g/mol. The maximum Gasteiger partial charge on any atom is 0.0534 e. The first-order chi connectivity index (χ1) is 7.25. The summed E-state index contributed by atoms with van der Waals surface area (Å²) in [5.74, 6) is 0.829. The molecule has 3 nitrogen and oxygen atoms in total. The largest absolute Gasteiger partial charge is 0.310 e. The highest BCUT2D eigenvalue weighted by atomic mass is 15.2. The van der Waals surface area contributed by atoms with Crippen molar-refractivity contribution in [2.45, 2.75) is 45.2 Å². The molecule has 0 spiro atoms. The zero-order chi connectivity index (χ0) is 10.7. The van der Waals surface area contributed by atoms with Gasteiger partial charge < -0.3 is 5.32 Å². The van der Waals surface area contributed by atoms with Crippen LogP contribution in [-0.2, 0) is 13.6 Å². The summed E-state index contributed by atoms with van der Waals surface area (Å²) in [7, 11) is 1.97. The lowest BCUT2D eigenvalue weighted by molar-refractivity contribution is 0.279. The van der Waals surface area contributed by atoms with Gasteiger partial charge in [-0.2, -0.15) is 5.10 Å². The van der Waals surface area contributed by atoms with Crippen LogP contribution in [0.5, 0.6) is 0 Å². The van der Waals surface area contributed by atoms with Crippen LogP contribution in [0.3, 0.4) is 0 Å². The third-order valence-corrected chi connectivity index (χ3v) is 3.44. The highest BCUT2D eigenvalue weighted by Gasteiger charge is 2.20. The Bertz CT molecular complexity index is 306. The Morgan fingerprint density at radius 1 is 1.47 bits per heavy atom. The molecule has 1 fully saturated rings. The van der Waals surface area contributed by atoms with Gasteiger partial charge in [-0.1, -0.05) is 19.8 Å². The summed E-state index contributed by atoms with van der Waals surface area (Å²) in [5.41, 5.74) is 1.29. The van der Waals surface area contributed by atoms with E-state index >= 15 is 0 Å². The fraction of sp³-hybridized carbons (Fsp3) is 0.750. The van der Waals surface area contributed by atoms with Crippen molar-refractivity contribution in [2.24, 2.45) is 13.0 Å². The predicted molar refractivity (Wildman–Crippen MR) is 61.5 cm³/mol. The van der Waals surface area contributed by atoms with Crippen molar-refractivity contribution in [2.75, 3.05) is 0 Å². The molecule has 1 heterocycles. The highest BCUT2D eigenvalue weighted by molar-refractivity contribution is 5.03. The Kier molecular flexibility index (Phi) is 3.41. The number of rotatable bonds is 3. The molecule has 1 aromatic rings. The number of hydrogen-bond acceptors (Lipinski definition) is 2. The summed E-state index contributed by atoms with van der Waals surface area (Å²) in [6.45, 7) is 3.32. The molecule has 0 bridgehead atoms. The van der Waals surface area contributed by atoms with E-state index in [-0.39, 0.29) is 0 Å². The van der Waals surface area contributed by atoms with Gasteiger partial charge in [0, 0.05) is 31.4 Å². The van der Waals surface area contributed by atoms with E-state index in [1.807, 2.05) is 17.9 Å². The van der Waals surface area contributed by atoms with E-state index in [2.05, 4.69) is 23.5 Å².